The van der Waals surface area contributed by atoms with E-state index in [9.17, 15) is 4.79 Å². The summed E-state index contributed by atoms with van der Waals surface area (Å²) in [4.78, 5) is 23.3. The number of rotatable bonds is 4. The molecule has 4 aromatic rings. The Morgan fingerprint density at radius 2 is 1.73 bits per heavy atom. The summed E-state index contributed by atoms with van der Waals surface area (Å²) >= 11 is 0. The van der Waals surface area contributed by atoms with Gasteiger partial charge in [-0.3, -0.25) is 4.79 Å². The summed E-state index contributed by atoms with van der Waals surface area (Å²) in [6, 6.07) is 12.7. The van der Waals surface area contributed by atoms with Crippen LogP contribution in [-0.2, 0) is 4.74 Å². The molecule has 1 saturated heterocycles. The van der Waals surface area contributed by atoms with Crippen molar-refractivity contribution in [3.63, 3.8) is 0 Å². The topological polar surface area (TPSA) is 110 Å². The van der Waals surface area contributed by atoms with Crippen LogP contribution in [-0.4, -0.2) is 62.0 Å². The first kappa shape index (κ1) is 18.1. The van der Waals surface area contributed by atoms with Gasteiger partial charge in [-0.1, -0.05) is 0 Å². The second-order valence-electron chi connectivity index (χ2n) is 6.68. The molecule has 5 rings (SSSR count). The lowest BCUT2D eigenvalue weighted by Gasteiger charge is -2.28. The van der Waals surface area contributed by atoms with Crippen LogP contribution in [0.5, 0.6) is 0 Å². The van der Waals surface area contributed by atoms with Crippen LogP contribution in [0.1, 0.15) is 10.5 Å². The van der Waals surface area contributed by atoms with Gasteiger partial charge in [0.15, 0.2) is 11.5 Å². The zero-order chi connectivity index (χ0) is 20.3. The number of hydrogen-bond donors (Lipinski definition) is 1. The van der Waals surface area contributed by atoms with Gasteiger partial charge in [-0.05, 0) is 42.5 Å². The molecule has 1 amide bonds. The second kappa shape index (κ2) is 7.84. The van der Waals surface area contributed by atoms with Crippen molar-refractivity contribution in [3.8, 4) is 11.6 Å². The molecule has 0 atom stereocenters. The third-order valence-electron chi connectivity index (χ3n) is 4.76. The van der Waals surface area contributed by atoms with Crippen molar-refractivity contribution in [3.05, 3.63) is 60.6 Å². The van der Waals surface area contributed by atoms with E-state index in [1.807, 2.05) is 24.3 Å². The number of nitrogens with one attached hydrogen (secondary N) is 1. The van der Waals surface area contributed by atoms with Crippen molar-refractivity contribution in [2.45, 2.75) is 0 Å². The number of anilines is 2. The van der Waals surface area contributed by atoms with E-state index in [0.717, 1.165) is 32.0 Å². The summed E-state index contributed by atoms with van der Waals surface area (Å²) in [6.07, 6.45) is 3.22. The molecule has 0 spiro atoms. The Labute approximate surface area is 171 Å². The van der Waals surface area contributed by atoms with Crippen molar-refractivity contribution in [1.29, 1.82) is 0 Å². The molecule has 4 heterocycles. The van der Waals surface area contributed by atoms with Gasteiger partial charge >= 0.3 is 0 Å². The molecule has 1 fully saturated rings. The van der Waals surface area contributed by atoms with Crippen molar-refractivity contribution in [1.82, 2.24) is 29.8 Å². The number of carbonyl (C=O) groups is 1. The maximum atomic E-state index is 12.7. The van der Waals surface area contributed by atoms with E-state index in [2.05, 4.69) is 35.5 Å². The molecule has 30 heavy (non-hydrogen) atoms. The molecule has 0 aliphatic carbocycles. The van der Waals surface area contributed by atoms with Crippen LogP contribution in [0.4, 0.5) is 11.4 Å². The summed E-state index contributed by atoms with van der Waals surface area (Å²) in [7, 11) is 0. The number of aromatic nitrogens is 6. The van der Waals surface area contributed by atoms with Gasteiger partial charge in [0.25, 0.3) is 5.91 Å². The molecule has 0 saturated carbocycles. The van der Waals surface area contributed by atoms with Crippen LogP contribution < -0.4 is 10.2 Å². The molecule has 1 aromatic carbocycles. The Morgan fingerprint density at radius 3 is 2.50 bits per heavy atom. The lowest BCUT2D eigenvalue weighted by atomic mass is 10.2. The van der Waals surface area contributed by atoms with Crippen LogP contribution >= 0.6 is 0 Å². The molecule has 0 bridgehead atoms. The number of carbonyl (C=O) groups excluding carboxylic acids is 1. The third kappa shape index (κ3) is 3.55. The van der Waals surface area contributed by atoms with E-state index in [1.54, 1.807) is 30.6 Å². The number of nitrogens with zero attached hydrogens (tertiary/aromatic N) is 7. The molecule has 10 heteroatoms. The molecule has 1 aliphatic heterocycles. The molecule has 0 unspecified atom stereocenters. The van der Waals surface area contributed by atoms with Crippen molar-refractivity contribution in [2.75, 3.05) is 36.5 Å². The highest BCUT2D eigenvalue weighted by Crippen LogP contribution is 2.19. The predicted molar refractivity (Wildman–Crippen MR) is 109 cm³/mol. The lowest BCUT2D eigenvalue weighted by molar-refractivity contribution is 0.102. The Balaban J connectivity index is 1.36. The number of morpholine rings is 1. The number of amides is 1. The third-order valence-corrected chi connectivity index (χ3v) is 4.76. The monoisotopic (exact) mass is 402 g/mol. The van der Waals surface area contributed by atoms with Crippen molar-refractivity contribution >= 4 is 22.9 Å². The number of benzene rings is 1. The molecule has 1 N–H and O–H groups in total. The highest BCUT2D eigenvalue weighted by Gasteiger charge is 2.16. The first-order chi connectivity index (χ1) is 14.8. The fourth-order valence-electron chi connectivity index (χ4n) is 3.24. The summed E-state index contributed by atoms with van der Waals surface area (Å²) in [5.74, 6) is 0.425. The van der Waals surface area contributed by atoms with Crippen molar-refractivity contribution < 1.29 is 9.53 Å². The Morgan fingerprint density at radius 1 is 0.967 bits per heavy atom. The standard InChI is InChI=1S/C20H18N8O2/c29-20(23-14-2-4-15(5-3-14)27-10-12-30-13-11-27)16-6-7-17-24-25-19(28(17)26-16)18-21-8-1-9-22-18/h1-9H,10-13H2,(H,23,29). The Kier molecular flexibility index (Phi) is 4.74. The second-order valence-corrected chi connectivity index (χ2v) is 6.68. The fraction of sp³-hybridized carbons (Fsp3) is 0.200. The molecular weight excluding hydrogens is 384 g/mol. The van der Waals surface area contributed by atoms with Gasteiger partial charge in [0.05, 0.1) is 13.2 Å². The molecule has 0 radical (unpaired) electrons. The molecule has 3 aromatic heterocycles. The normalized spacial score (nSPS) is 14.1. The summed E-state index contributed by atoms with van der Waals surface area (Å²) in [5, 5.41) is 15.4. The largest absolute Gasteiger partial charge is 0.378 e. The predicted octanol–water partition coefficient (Wildman–Crippen LogP) is 1.67. The van der Waals surface area contributed by atoms with E-state index in [1.165, 1.54) is 4.52 Å². The van der Waals surface area contributed by atoms with Gasteiger partial charge < -0.3 is 15.0 Å². The SMILES string of the molecule is O=C(Nc1ccc(N2CCOCC2)cc1)c1ccc2nnc(-c3ncccn3)n2n1. The minimum absolute atomic E-state index is 0.233. The van der Waals surface area contributed by atoms with Crippen LogP contribution in [0.25, 0.3) is 17.3 Å². The molecular formula is C20H18N8O2. The van der Waals surface area contributed by atoms with E-state index in [0.29, 0.717) is 23.0 Å². The van der Waals surface area contributed by atoms with Gasteiger partial charge in [0.1, 0.15) is 5.69 Å². The molecule has 150 valence electrons. The van der Waals surface area contributed by atoms with Gasteiger partial charge in [0.2, 0.25) is 5.82 Å². The van der Waals surface area contributed by atoms with Gasteiger partial charge in [-0.25, -0.2) is 9.97 Å². The average Bonchev–Trinajstić information content (AvgIpc) is 3.24. The number of ether oxygens (including phenoxy) is 1. The van der Waals surface area contributed by atoms with Crippen LogP contribution in [0.3, 0.4) is 0 Å². The summed E-state index contributed by atoms with van der Waals surface area (Å²) < 4.78 is 6.85. The highest BCUT2D eigenvalue weighted by atomic mass is 16.5. The van der Waals surface area contributed by atoms with E-state index >= 15 is 0 Å². The first-order valence-electron chi connectivity index (χ1n) is 9.52. The molecule has 10 nitrogen and oxygen atoms in total. The number of fused-ring (bicyclic) bond motifs is 1. The average molecular weight is 402 g/mol. The van der Waals surface area contributed by atoms with E-state index in [-0.39, 0.29) is 11.6 Å². The first-order valence-corrected chi connectivity index (χ1v) is 9.52. The fourth-order valence-corrected chi connectivity index (χ4v) is 3.24. The van der Waals surface area contributed by atoms with Gasteiger partial charge in [0, 0.05) is 36.9 Å². The van der Waals surface area contributed by atoms with E-state index < -0.39 is 0 Å². The molecule has 1 aliphatic rings. The highest BCUT2D eigenvalue weighted by molar-refractivity contribution is 6.02. The lowest BCUT2D eigenvalue weighted by Crippen LogP contribution is -2.36. The van der Waals surface area contributed by atoms with Gasteiger partial charge in [-0.15, -0.1) is 10.2 Å². The maximum absolute atomic E-state index is 12.7. The summed E-state index contributed by atoms with van der Waals surface area (Å²) in [6.45, 7) is 3.18. The minimum Gasteiger partial charge on any atom is -0.378 e. The quantitative estimate of drug-likeness (QED) is 0.549. The minimum atomic E-state index is -0.329. The van der Waals surface area contributed by atoms with Crippen molar-refractivity contribution in [2.24, 2.45) is 0 Å². The maximum Gasteiger partial charge on any atom is 0.276 e. The van der Waals surface area contributed by atoms with Crippen LogP contribution in [0.2, 0.25) is 0 Å². The van der Waals surface area contributed by atoms with Gasteiger partial charge in [-0.2, -0.15) is 9.61 Å². The zero-order valence-electron chi connectivity index (χ0n) is 16.0. The zero-order valence-corrected chi connectivity index (χ0v) is 16.0. The summed E-state index contributed by atoms with van der Waals surface area (Å²) in [5.41, 5.74) is 2.53. The Hall–Kier alpha value is -3.92. The number of hydrogen-bond acceptors (Lipinski definition) is 8. The van der Waals surface area contributed by atoms with E-state index in [4.69, 9.17) is 4.74 Å². The van der Waals surface area contributed by atoms with Crippen LogP contribution in [0.15, 0.2) is 54.9 Å². The Bertz CT molecular complexity index is 1170. The van der Waals surface area contributed by atoms with Crippen LogP contribution in [0, 0.1) is 0 Å². The smallest absolute Gasteiger partial charge is 0.276 e.